The summed E-state index contributed by atoms with van der Waals surface area (Å²) in [5, 5.41) is 6.11. The Morgan fingerprint density at radius 3 is 2.48 bits per heavy atom. The van der Waals surface area contributed by atoms with Crippen LogP contribution < -0.4 is 21.3 Å². The molecule has 2 fully saturated rings. The third-order valence-electron chi connectivity index (χ3n) is 5.65. The van der Waals surface area contributed by atoms with Crippen LogP contribution in [0.25, 0.3) is 0 Å². The number of ether oxygens (including phenoxy) is 2. The quantitative estimate of drug-likeness (QED) is 0.637. The molecular weight excluding hydrogens is 396 g/mol. The van der Waals surface area contributed by atoms with Crippen molar-refractivity contribution >= 4 is 29.1 Å². The van der Waals surface area contributed by atoms with Gasteiger partial charge in [0, 0.05) is 30.6 Å². The maximum Gasteiger partial charge on any atom is 0.414 e. The van der Waals surface area contributed by atoms with Crippen LogP contribution in [-0.2, 0) is 9.47 Å². The molecule has 0 radical (unpaired) electrons. The Morgan fingerprint density at radius 2 is 1.81 bits per heavy atom. The minimum atomic E-state index is -0.352. The molecule has 2 aliphatic heterocycles. The lowest BCUT2D eigenvalue weighted by Gasteiger charge is -2.31. The van der Waals surface area contributed by atoms with E-state index >= 15 is 0 Å². The van der Waals surface area contributed by atoms with Crippen LogP contribution in [0.3, 0.4) is 0 Å². The fraction of sp³-hybridized carbons (Fsp3) is 0.391. The number of benzene rings is 2. The van der Waals surface area contributed by atoms with Crippen LogP contribution in [0.5, 0.6) is 0 Å². The lowest BCUT2D eigenvalue weighted by atomic mass is 10.1. The van der Waals surface area contributed by atoms with E-state index in [1.807, 2.05) is 12.1 Å². The van der Waals surface area contributed by atoms with Crippen LogP contribution in [0.15, 0.2) is 48.5 Å². The van der Waals surface area contributed by atoms with Crippen molar-refractivity contribution in [3.63, 3.8) is 0 Å². The Balaban J connectivity index is 1.48. The van der Waals surface area contributed by atoms with Crippen LogP contribution >= 0.6 is 0 Å². The summed E-state index contributed by atoms with van der Waals surface area (Å²) >= 11 is 0. The van der Waals surface area contributed by atoms with Crippen LogP contribution in [0.2, 0.25) is 0 Å². The van der Waals surface area contributed by atoms with E-state index in [2.05, 4.69) is 10.6 Å². The molecule has 1 atom stereocenters. The highest BCUT2D eigenvalue weighted by Crippen LogP contribution is 2.25. The molecule has 4 N–H and O–H groups in total. The standard InChI is InChI=1S/C23H28N4O4/c24-20-3-1-2-4-21(20)26-22(28)16-5-7-17(8-6-16)27(18-9-12-25-15-18)23(29)31-19-10-13-30-14-11-19/h1-8,18-19,25H,9-15,24H2,(H,26,28)/t18-/m0/s1. The number of carbonyl (C=O) groups excluding carboxylic acids is 2. The number of nitrogens with one attached hydrogen (secondary N) is 2. The van der Waals surface area contributed by atoms with Crippen LogP contribution in [0.4, 0.5) is 21.9 Å². The van der Waals surface area contributed by atoms with Crippen molar-refractivity contribution in [3.05, 3.63) is 54.1 Å². The van der Waals surface area contributed by atoms with E-state index in [9.17, 15) is 9.59 Å². The highest BCUT2D eigenvalue weighted by atomic mass is 16.6. The average molecular weight is 425 g/mol. The van der Waals surface area contributed by atoms with Crippen molar-refractivity contribution < 1.29 is 19.1 Å². The van der Waals surface area contributed by atoms with Crippen molar-refractivity contribution in [2.24, 2.45) is 0 Å². The Bertz CT molecular complexity index is 906. The normalized spacial score (nSPS) is 19.0. The maximum absolute atomic E-state index is 13.0. The Labute approximate surface area is 181 Å². The zero-order valence-electron chi connectivity index (χ0n) is 17.4. The van der Waals surface area contributed by atoms with Gasteiger partial charge in [-0.25, -0.2) is 4.79 Å². The molecule has 2 saturated heterocycles. The third-order valence-corrected chi connectivity index (χ3v) is 5.65. The van der Waals surface area contributed by atoms with Crippen LogP contribution in [-0.4, -0.2) is 50.4 Å². The predicted molar refractivity (Wildman–Crippen MR) is 119 cm³/mol. The van der Waals surface area contributed by atoms with E-state index in [1.165, 1.54) is 0 Å². The molecule has 0 aliphatic carbocycles. The van der Waals surface area contributed by atoms with E-state index in [0.29, 0.717) is 55.2 Å². The zero-order valence-corrected chi connectivity index (χ0v) is 17.4. The topological polar surface area (TPSA) is 106 Å². The summed E-state index contributed by atoms with van der Waals surface area (Å²) < 4.78 is 11.1. The van der Waals surface area contributed by atoms with Gasteiger partial charge in [-0.05, 0) is 49.4 Å². The molecule has 0 bridgehead atoms. The van der Waals surface area contributed by atoms with Gasteiger partial charge in [0.25, 0.3) is 5.91 Å². The molecule has 4 rings (SSSR count). The number of nitrogens with two attached hydrogens (primary N) is 1. The molecule has 164 valence electrons. The molecule has 2 aliphatic rings. The first-order valence-electron chi connectivity index (χ1n) is 10.7. The smallest absolute Gasteiger partial charge is 0.414 e. The number of carbonyl (C=O) groups is 2. The summed E-state index contributed by atoms with van der Waals surface area (Å²) in [6.45, 7) is 2.78. The minimum absolute atomic E-state index is 0.0103. The number of nitrogens with zero attached hydrogens (tertiary/aromatic N) is 1. The molecule has 2 aromatic rings. The minimum Gasteiger partial charge on any atom is -0.446 e. The van der Waals surface area contributed by atoms with Crippen molar-refractivity contribution in [3.8, 4) is 0 Å². The molecule has 0 saturated carbocycles. The van der Waals surface area contributed by atoms with Gasteiger partial charge in [-0.15, -0.1) is 0 Å². The van der Waals surface area contributed by atoms with Crippen molar-refractivity contribution in [1.82, 2.24) is 5.32 Å². The molecule has 0 spiro atoms. The van der Waals surface area contributed by atoms with Crippen molar-refractivity contribution in [2.75, 3.05) is 42.3 Å². The molecule has 0 unspecified atom stereocenters. The maximum atomic E-state index is 13.0. The average Bonchev–Trinajstić information content (AvgIpc) is 3.31. The number of amides is 2. The zero-order chi connectivity index (χ0) is 21.6. The molecule has 31 heavy (non-hydrogen) atoms. The molecule has 8 nitrogen and oxygen atoms in total. The Hall–Kier alpha value is -3.10. The Morgan fingerprint density at radius 1 is 1.06 bits per heavy atom. The number of anilines is 3. The van der Waals surface area contributed by atoms with Gasteiger partial charge in [-0.2, -0.15) is 0 Å². The van der Waals surface area contributed by atoms with Crippen LogP contribution in [0, 0.1) is 0 Å². The molecule has 0 aromatic heterocycles. The van der Waals surface area contributed by atoms with Crippen molar-refractivity contribution in [2.45, 2.75) is 31.4 Å². The summed E-state index contributed by atoms with van der Waals surface area (Å²) in [5.41, 5.74) is 8.16. The first-order valence-corrected chi connectivity index (χ1v) is 10.7. The molecular formula is C23H28N4O4. The SMILES string of the molecule is Nc1ccccc1NC(=O)c1ccc(N(C(=O)OC2CCOCC2)[C@H]2CCNC2)cc1. The number of para-hydroxylation sites is 2. The second kappa shape index (κ2) is 9.80. The van der Waals surface area contributed by atoms with E-state index in [0.717, 1.165) is 13.0 Å². The fourth-order valence-corrected chi connectivity index (χ4v) is 3.90. The predicted octanol–water partition coefficient (Wildman–Crippen LogP) is 3.01. The van der Waals surface area contributed by atoms with E-state index in [-0.39, 0.29) is 24.1 Å². The summed E-state index contributed by atoms with van der Waals surface area (Å²) in [4.78, 5) is 27.3. The van der Waals surface area contributed by atoms with Gasteiger partial charge in [0.15, 0.2) is 0 Å². The highest BCUT2D eigenvalue weighted by molar-refractivity contribution is 6.06. The number of hydrogen-bond acceptors (Lipinski definition) is 6. The lowest BCUT2D eigenvalue weighted by Crippen LogP contribution is -2.44. The summed E-state index contributed by atoms with van der Waals surface area (Å²) in [5.74, 6) is -0.261. The summed E-state index contributed by atoms with van der Waals surface area (Å²) in [7, 11) is 0. The van der Waals surface area contributed by atoms with E-state index in [4.69, 9.17) is 15.2 Å². The second-order valence-corrected chi connectivity index (χ2v) is 7.80. The monoisotopic (exact) mass is 424 g/mol. The second-order valence-electron chi connectivity index (χ2n) is 7.80. The number of nitrogen functional groups attached to an aromatic ring is 1. The van der Waals surface area contributed by atoms with Gasteiger partial charge in [0.2, 0.25) is 0 Å². The summed E-state index contributed by atoms with van der Waals surface area (Å²) in [6, 6.07) is 14.1. The summed E-state index contributed by atoms with van der Waals surface area (Å²) in [6.07, 6.45) is 1.79. The van der Waals surface area contributed by atoms with Gasteiger partial charge in [-0.1, -0.05) is 12.1 Å². The first kappa shape index (κ1) is 21.1. The lowest BCUT2D eigenvalue weighted by molar-refractivity contribution is 0.00335. The van der Waals surface area contributed by atoms with Crippen molar-refractivity contribution in [1.29, 1.82) is 0 Å². The largest absolute Gasteiger partial charge is 0.446 e. The van der Waals surface area contributed by atoms with E-state index in [1.54, 1.807) is 41.3 Å². The van der Waals surface area contributed by atoms with Gasteiger partial charge >= 0.3 is 6.09 Å². The number of rotatable bonds is 5. The molecule has 2 amide bonds. The third kappa shape index (κ3) is 5.15. The van der Waals surface area contributed by atoms with Gasteiger partial charge in [0.05, 0.1) is 30.6 Å². The number of hydrogen-bond donors (Lipinski definition) is 3. The molecule has 2 heterocycles. The molecule has 2 aromatic carbocycles. The van der Waals surface area contributed by atoms with Gasteiger partial charge in [-0.3, -0.25) is 9.69 Å². The first-order chi connectivity index (χ1) is 15.1. The molecule has 8 heteroatoms. The van der Waals surface area contributed by atoms with Gasteiger partial charge in [0.1, 0.15) is 6.10 Å². The highest BCUT2D eigenvalue weighted by Gasteiger charge is 2.31. The van der Waals surface area contributed by atoms with Crippen LogP contribution in [0.1, 0.15) is 29.6 Å². The van der Waals surface area contributed by atoms with Gasteiger partial charge < -0.3 is 25.8 Å². The fourth-order valence-electron chi connectivity index (χ4n) is 3.90. The Kier molecular flexibility index (Phi) is 6.69. The van der Waals surface area contributed by atoms with E-state index < -0.39 is 0 Å².